The number of rotatable bonds is 3. The lowest BCUT2D eigenvalue weighted by Gasteiger charge is -2.36. The lowest BCUT2D eigenvalue weighted by molar-refractivity contribution is -0.144. The second-order valence-corrected chi connectivity index (χ2v) is 5.11. The third kappa shape index (κ3) is 3.52. The Balaban J connectivity index is 2.32. The Kier molecular flexibility index (Phi) is 4.70. The van der Waals surface area contributed by atoms with Crippen LogP contribution in [-0.2, 0) is 6.18 Å². The van der Waals surface area contributed by atoms with E-state index in [1.165, 1.54) is 6.07 Å². The fourth-order valence-electron chi connectivity index (χ4n) is 2.43. The highest BCUT2D eigenvalue weighted by molar-refractivity contribution is 6.29. The smallest absolute Gasteiger partial charge is 0.396 e. The lowest BCUT2D eigenvalue weighted by atomic mass is 10.00. The van der Waals surface area contributed by atoms with Crippen LogP contribution in [0, 0.1) is 0 Å². The molecule has 1 N–H and O–H groups in total. The number of aliphatic hydroxyl groups excluding tert-OH is 1. The van der Waals surface area contributed by atoms with Gasteiger partial charge in [-0.05, 0) is 25.7 Å². The first-order chi connectivity index (χ1) is 9.41. The first-order valence-corrected chi connectivity index (χ1v) is 6.79. The molecule has 8 heteroatoms. The van der Waals surface area contributed by atoms with Crippen LogP contribution in [0.25, 0.3) is 0 Å². The Morgan fingerprint density at radius 3 is 2.75 bits per heavy atom. The number of nitrogens with zero attached hydrogens (tertiary/aromatic N) is 3. The standard InChI is InChI=1S/C12H15ClF3N3O/c13-9-7-10(18-11(17-9)12(14,15)16)19-5-2-1-3-8(19)4-6-20/h7-8,20H,1-6H2. The molecule has 0 aliphatic carbocycles. The Labute approximate surface area is 119 Å². The average molecular weight is 310 g/mol. The summed E-state index contributed by atoms with van der Waals surface area (Å²) in [5.74, 6) is -1.05. The summed E-state index contributed by atoms with van der Waals surface area (Å²) in [5, 5.41) is 8.83. The van der Waals surface area contributed by atoms with Gasteiger partial charge in [0.05, 0.1) is 0 Å². The molecule has 2 heterocycles. The van der Waals surface area contributed by atoms with E-state index in [0.717, 1.165) is 19.3 Å². The van der Waals surface area contributed by atoms with Gasteiger partial charge in [-0.2, -0.15) is 13.2 Å². The molecular formula is C12H15ClF3N3O. The van der Waals surface area contributed by atoms with Crippen molar-refractivity contribution >= 4 is 17.4 Å². The van der Waals surface area contributed by atoms with Gasteiger partial charge in [0.1, 0.15) is 11.0 Å². The number of hydrogen-bond acceptors (Lipinski definition) is 4. The summed E-state index contributed by atoms with van der Waals surface area (Å²) in [6.45, 7) is 0.599. The van der Waals surface area contributed by atoms with Crippen molar-refractivity contribution in [3.05, 3.63) is 17.0 Å². The van der Waals surface area contributed by atoms with E-state index in [4.69, 9.17) is 16.7 Å². The Bertz CT molecular complexity index is 468. The maximum Gasteiger partial charge on any atom is 0.451 e. The van der Waals surface area contributed by atoms with Crippen LogP contribution in [0.15, 0.2) is 6.07 Å². The van der Waals surface area contributed by atoms with E-state index in [9.17, 15) is 13.2 Å². The van der Waals surface area contributed by atoms with Gasteiger partial charge < -0.3 is 10.0 Å². The van der Waals surface area contributed by atoms with E-state index >= 15 is 0 Å². The minimum Gasteiger partial charge on any atom is -0.396 e. The van der Waals surface area contributed by atoms with Crippen LogP contribution in [0.2, 0.25) is 5.15 Å². The monoisotopic (exact) mass is 309 g/mol. The molecule has 1 aliphatic heterocycles. The third-order valence-electron chi connectivity index (χ3n) is 3.32. The van der Waals surface area contributed by atoms with Crippen LogP contribution in [0.1, 0.15) is 31.5 Å². The van der Waals surface area contributed by atoms with E-state index in [1.807, 2.05) is 0 Å². The highest BCUT2D eigenvalue weighted by Gasteiger charge is 2.36. The van der Waals surface area contributed by atoms with Crippen LogP contribution in [-0.4, -0.2) is 34.3 Å². The largest absolute Gasteiger partial charge is 0.451 e. The summed E-state index contributed by atoms with van der Waals surface area (Å²) >= 11 is 5.67. The molecule has 0 bridgehead atoms. The van der Waals surface area contributed by atoms with E-state index in [2.05, 4.69) is 9.97 Å². The summed E-state index contributed by atoms with van der Waals surface area (Å²) in [7, 11) is 0. The predicted octanol–water partition coefficient (Wildman–Crippen LogP) is 2.89. The Hall–Kier alpha value is -1.08. The molecule has 1 unspecified atom stereocenters. The molecule has 1 aliphatic rings. The Morgan fingerprint density at radius 2 is 2.10 bits per heavy atom. The normalized spacial score (nSPS) is 20.2. The molecule has 0 aromatic carbocycles. The van der Waals surface area contributed by atoms with Crippen molar-refractivity contribution in [3.8, 4) is 0 Å². The summed E-state index contributed by atoms with van der Waals surface area (Å²) < 4.78 is 38.2. The van der Waals surface area contributed by atoms with Gasteiger partial charge in [-0.1, -0.05) is 11.6 Å². The molecule has 1 aromatic rings. The van der Waals surface area contributed by atoms with Crippen LogP contribution in [0.3, 0.4) is 0 Å². The minimum atomic E-state index is -4.62. The van der Waals surface area contributed by atoms with Crippen LogP contribution >= 0.6 is 11.6 Å². The number of aliphatic hydroxyl groups is 1. The predicted molar refractivity (Wildman–Crippen MR) is 68.7 cm³/mol. The van der Waals surface area contributed by atoms with Gasteiger partial charge in [-0.25, -0.2) is 9.97 Å². The molecule has 112 valence electrons. The summed E-state index contributed by atoms with van der Waals surface area (Å²) in [6.07, 6.45) is -1.43. The van der Waals surface area contributed by atoms with Crippen LogP contribution in [0.5, 0.6) is 0 Å². The van der Waals surface area contributed by atoms with Crippen molar-refractivity contribution in [2.24, 2.45) is 0 Å². The number of aromatic nitrogens is 2. The quantitative estimate of drug-likeness (QED) is 0.872. The van der Waals surface area contributed by atoms with Crippen molar-refractivity contribution in [3.63, 3.8) is 0 Å². The molecule has 0 spiro atoms. The van der Waals surface area contributed by atoms with E-state index < -0.39 is 12.0 Å². The number of piperidine rings is 1. The number of hydrogen-bond donors (Lipinski definition) is 1. The van der Waals surface area contributed by atoms with E-state index in [1.54, 1.807) is 4.90 Å². The van der Waals surface area contributed by atoms with Crippen molar-refractivity contribution in [1.82, 2.24) is 9.97 Å². The second-order valence-electron chi connectivity index (χ2n) is 4.73. The van der Waals surface area contributed by atoms with Gasteiger partial charge in [0, 0.05) is 25.3 Å². The SMILES string of the molecule is OCCC1CCCCN1c1cc(Cl)nc(C(F)(F)F)n1. The zero-order valence-corrected chi connectivity index (χ0v) is 11.5. The van der Waals surface area contributed by atoms with Gasteiger partial charge in [0.15, 0.2) is 0 Å². The molecule has 1 atom stereocenters. The number of anilines is 1. The minimum absolute atomic E-state index is 0.00783. The first-order valence-electron chi connectivity index (χ1n) is 6.41. The van der Waals surface area contributed by atoms with Gasteiger partial charge in [-0.15, -0.1) is 0 Å². The third-order valence-corrected chi connectivity index (χ3v) is 3.51. The fourth-order valence-corrected chi connectivity index (χ4v) is 2.61. The highest BCUT2D eigenvalue weighted by atomic mass is 35.5. The topological polar surface area (TPSA) is 49.2 Å². The van der Waals surface area contributed by atoms with Gasteiger partial charge in [0.2, 0.25) is 5.82 Å². The molecule has 2 rings (SSSR count). The zero-order chi connectivity index (χ0) is 14.8. The number of alkyl halides is 3. The summed E-state index contributed by atoms with van der Waals surface area (Å²) in [4.78, 5) is 8.59. The maximum atomic E-state index is 12.7. The molecule has 4 nitrogen and oxygen atoms in total. The molecule has 20 heavy (non-hydrogen) atoms. The molecule has 1 saturated heterocycles. The summed E-state index contributed by atoms with van der Waals surface area (Å²) in [5.41, 5.74) is 0. The van der Waals surface area contributed by atoms with E-state index in [0.29, 0.717) is 13.0 Å². The van der Waals surface area contributed by atoms with Crippen LogP contribution < -0.4 is 4.90 Å². The summed E-state index contributed by atoms with van der Waals surface area (Å²) in [6, 6.07) is 1.33. The molecule has 0 amide bonds. The average Bonchev–Trinajstić information content (AvgIpc) is 2.38. The van der Waals surface area contributed by atoms with E-state index in [-0.39, 0.29) is 23.6 Å². The molecule has 1 aromatic heterocycles. The molecule has 0 radical (unpaired) electrons. The second kappa shape index (κ2) is 6.13. The fraction of sp³-hybridized carbons (Fsp3) is 0.667. The molecular weight excluding hydrogens is 295 g/mol. The molecule has 1 fully saturated rings. The van der Waals surface area contributed by atoms with Gasteiger partial charge >= 0.3 is 6.18 Å². The Morgan fingerprint density at radius 1 is 1.35 bits per heavy atom. The van der Waals surface area contributed by atoms with Gasteiger partial charge in [-0.3, -0.25) is 0 Å². The molecule has 0 saturated carbocycles. The van der Waals surface area contributed by atoms with Gasteiger partial charge in [0.25, 0.3) is 0 Å². The number of halogens is 4. The maximum absolute atomic E-state index is 12.7. The van der Waals surface area contributed by atoms with Crippen LogP contribution in [0.4, 0.5) is 19.0 Å². The highest BCUT2D eigenvalue weighted by Crippen LogP contribution is 2.31. The zero-order valence-electron chi connectivity index (χ0n) is 10.7. The van der Waals surface area contributed by atoms with Crippen molar-refractivity contribution in [2.75, 3.05) is 18.1 Å². The first kappa shape index (κ1) is 15.3. The van der Waals surface area contributed by atoms with Crippen molar-refractivity contribution in [1.29, 1.82) is 0 Å². The van der Waals surface area contributed by atoms with Crippen molar-refractivity contribution in [2.45, 2.75) is 37.9 Å². The lowest BCUT2D eigenvalue weighted by Crippen LogP contribution is -2.41. The van der Waals surface area contributed by atoms with Crippen molar-refractivity contribution < 1.29 is 18.3 Å².